The van der Waals surface area contributed by atoms with E-state index in [9.17, 15) is 0 Å². The first kappa shape index (κ1) is 12.7. The molecule has 0 aromatic carbocycles. The molecule has 1 aromatic heterocycles. The second kappa shape index (κ2) is 5.33. The Morgan fingerprint density at radius 2 is 2.37 bits per heavy atom. The zero-order valence-electron chi connectivity index (χ0n) is 11.7. The van der Waals surface area contributed by atoms with Crippen LogP contribution in [0.5, 0.6) is 5.88 Å². The second-order valence-electron chi connectivity index (χ2n) is 5.86. The van der Waals surface area contributed by atoms with Crippen molar-refractivity contribution in [3.63, 3.8) is 0 Å². The van der Waals surface area contributed by atoms with Gasteiger partial charge in [-0.15, -0.1) is 0 Å². The number of aromatic nitrogens is 1. The fourth-order valence-corrected chi connectivity index (χ4v) is 3.08. The van der Waals surface area contributed by atoms with Crippen molar-refractivity contribution < 1.29 is 4.74 Å². The number of hydrogen-bond acceptors (Lipinski definition) is 3. The zero-order valence-corrected chi connectivity index (χ0v) is 11.7. The Kier molecular flexibility index (Phi) is 3.56. The number of ether oxygens (including phenoxy) is 1. The van der Waals surface area contributed by atoms with Crippen molar-refractivity contribution in [1.29, 1.82) is 0 Å². The van der Waals surface area contributed by atoms with Gasteiger partial charge >= 0.3 is 0 Å². The second-order valence-corrected chi connectivity index (χ2v) is 5.86. The third-order valence-electron chi connectivity index (χ3n) is 4.11. The summed E-state index contributed by atoms with van der Waals surface area (Å²) < 4.78 is 5.75. The highest BCUT2D eigenvalue weighted by Gasteiger charge is 2.40. The van der Waals surface area contributed by atoms with Crippen molar-refractivity contribution in [2.75, 3.05) is 0 Å². The van der Waals surface area contributed by atoms with Gasteiger partial charge in [-0.2, -0.15) is 0 Å². The molecule has 1 fully saturated rings. The molecule has 1 heterocycles. The average Bonchev–Trinajstić information content (AvgIpc) is 2.73. The van der Waals surface area contributed by atoms with Crippen LogP contribution < -0.4 is 10.1 Å². The number of nitrogens with zero attached hydrogens (tertiary/aromatic N) is 1. The molecule has 0 saturated heterocycles. The summed E-state index contributed by atoms with van der Waals surface area (Å²) in [4.78, 5) is 4.33. The SMILES string of the molecule is CC(C)Oc1ncccc1CNC1CC2CC=CC21. The molecule has 1 aromatic rings. The van der Waals surface area contributed by atoms with E-state index in [4.69, 9.17) is 4.74 Å². The Morgan fingerprint density at radius 1 is 1.47 bits per heavy atom. The fourth-order valence-electron chi connectivity index (χ4n) is 3.08. The number of nitrogens with one attached hydrogen (secondary N) is 1. The first-order valence-electron chi connectivity index (χ1n) is 7.24. The summed E-state index contributed by atoms with van der Waals surface area (Å²) in [5.74, 6) is 2.42. The molecule has 0 radical (unpaired) electrons. The van der Waals surface area contributed by atoms with Gasteiger partial charge in [0.2, 0.25) is 5.88 Å². The lowest BCUT2D eigenvalue weighted by Crippen LogP contribution is -2.47. The van der Waals surface area contributed by atoms with Crippen LogP contribution in [0.1, 0.15) is 32.3 Å². The molecule has 3 rings (SSSR count). The third kappa shape index (κ3) is 2.66. The Bertz CT molecular complexity index is 470. The van der Waals surface area contributed by atoms with Crippen molar-refractivity contribution in [2.45, 2.75) is 45.4 Å². The normalized spacial score (nSPS) is 28.3. The molecule has 0 bridgehead atoms. The van der Waals surface area contributed by atoms with E-state index in [0.29, 0.717) is 6.04 Å². The van der Waals surface area contributed by atoms with Crippen LogP contribution in [0.3, 0.4) is 0 Å². The molecule has 1 saturated carbocycles. The highest BCUT2D eigenvalue weighted by Crippen LogP contribution is 2.42. The van der Waals surface area contributed by atoms with E-state index in [2.05, 4.69) is 28.5 Å². The monoisotopic (exact) mass is 258 g/mol. The largest absolute Gasteiger partial charge is 0.475 e. The minimum absolute atomic E-state index is 0.166. The smallest absolute Gasteiger partial charge is 0.218 e. The lowest BCUT2D eigenvalue weighted by atomic mass is 9.71. The first-order chi connectivity index (χ1) is 9.24. The van der Waals surface area contributed by atoms with Crippen LogP contribution in [-0.2, 0) is 6.54 Å². The van der Waals surface area contributed by atoms with Gasteiger partial charge in [-0.05, 0) is 44.6 Å². The average molecular weight is 258 g/mol. The van der Waals surface area contributed by atoms with Crippen molar-refractivity contribution in [1.82, 2.24) is 10.3 Å². The van der Waals surface area contributed by atoms with Crippen LogP contribution in [0, 0.1) is 11.8 Å². The van der Waals surface area contributed by atoms with Gasteiger partial charge in [0.25, 0.3) is 0 Å². The molecular formula is C16H22N2O. The number of hydrogen-bond donors (Lipinski definition) is 1. The predicted octanol–water partition coefficient (Wildman–Crippen LogP) is 2.92. The maximum Gasteiger partial charge on any atom is 0.218 e. The van der Waals surface area contributed by atoms with Crippen molar-refractivity contribution >= 4 is 0 Å². The highest BCUT2D eigenvalue weighted by atomic mass is 16.5. The summed E-state index contributed by atoms with van der Waals surface area (Å²) in [5, 5.41) is 3.65. The maximum absolute atomic E-state index is 5.75. The van der Waals surface area contributed by atoms with Gasteiger partial charge in [0.1, 0.15) is 0 Å². The molecule has 3 atom stereocenters. The van der Waals surface area contributed by atoms with E-state index in [-0.39, 0.29) is 6.10 Å². The molecule has 19 heavy (non-hydrogen) atoms. The minimum atomic E-state index is 0.166. The number of pyridine rings is 1. The highest BCUT2D eigenvalue weighted by molar-refractivity contribution is 5.26. The van der Waals surface area contributed by atoms with Crippen molar-refractivity contribution in [3.05, 3.63) is 36.0 Å². The molecule has 3 nitrogen and oxygen atoms in total. The Balaban J connectivity index is 1.59. The van der Waals surface area contributed by atoms with Crippen LogP contribution in [0.4, 0.5) is 0 Å². The lowest BCUT2D eigenvalue weighted by molar-refractivity contribution is 0.161. The van der Waals surface area contributed by atoms with E-state index in [1.165, 1.54) is 12.8 Å². The third-order valence-corrected chi connectivity index (χ3v) is 4.11. The minimum Gasteiger partial charge on any atom is -0.475 e. The van der Waals surface area contributed by atoms with Crippen LogP contribution in [0.15, 0.2) is 30.5 Å². The van der Waals surface area contributed by atoms with Gasteiger partial charge in [0, 0.05) is 24.3 Å². The van der Waals surface area contributed by atoms with E-state index >= 15 is 0 Å². The lowest BCUT2D eigenvalue weighted by Gasteiger charge is -2.40. The molecule has 2 aliphatic carbocycles. The van der Waals surface area contributed by atoms with Crippen LogP contribution >= 0.6 is 0 Å². The summed E-state index contributed by atoms with van der Waals surface area (Å²) in [7, 11) is 0. The van der Waals surface area contributed by atoms with Gasteiger partial charge in [0.05, 0.1) is 6.10 Å². The summed E-state index contributed by atoms with van der Waals surface area (Å²) in [6.07, 6.45) is 9.24. The summed E-state index contributed by atoms with van der Waals surface area (Å²) in [5.41, 5.74) is 1.15. The van der Waals surface area contributed by atoms with Crippen LogP contribution in [-0.4, -0.2) is 17.1 Å². The molecule has 3 heteroatoms. The van der Waals surface area contributed by atoms with E-state index in [1.54, 1.807) is 6.20 Å². The van der Waals surface area contributed by atoms with Gasteiger partial charge in [-0.25, -0.2) is 4.98 Å². The fraction of sp³-hybridized carbons (Fsp3) is 0.562. The summed E-state index contributed by atoms with van der Waals surface area (Å²) in [6.45, 7) is 4.91. The van der Waals surface area contributed by atoms with Crippen molar-refractivity contribution in [2.24, 2.45) is 11.8 Å². The van der Waals surface area contributed by atoms with E-state index < -0.39 is 0 Å². The first-order valence-corrected chi connectivity index (χ1v) is 7.24. The molecule has 1 N–H and O–H groups in total. The molecule has 3 unspecified atom stereocenters. The van der Waals surface area contributed by atoms with E-state index in [1.807, 2.05) is 19.9 Å². The summed E-state index contributed by atoms with van der Waals surface area (Å²) >= 11 is 0. The van der Waals surface area contributed by atoms with Gasteiger partial charge in [-0.3, -0.25) is 0 Å². The quantitative estimate of drug-likeness (QED) is 0.825. The zero-order chi connectivity index (χ0) is 13.2. The summed E-state index contributed by atoms with van der Waals surface area (Å²) in [6, 6.07) is 4.71. The Hall–Kier alpha value is -1.35. The van der Waals surface area contributed by atoms with Crippen molar-refractivity contribution in [3.8, 4) is 5.88 Å². The van der Waals surface area contributed by atoms with Gasteiger partial charge < -0.3 is 10.1 Å². The Morgan fingerprint density at radius 3 is 3.16 bits per heavy atom. The molecule has 0 amide bonds. The predicted molar refractivity (Wildman–Crippen MR) is 76.0 cm³/mol. The van der Waals surface area contributed by atoms with Gasteiger partial charge in [0.15, 0.2) is 0 Å². The molecule has 102 valence electrons. The Labute approximate surface area is 115 Å². The van der Waals surface area contributed by atoms with Crippen LogP contribution in [0.25, 0.3) is 0 Å². The molecule has 0 spiro atoms. The maximum atomic E-state index is 5.75. The van der Waals surface area contributed by atoms with Gasteiger partial charge in [-0.1, -0.05) is 18.2 Å². The number of fused-ring (bicyclic) bond motifs is 1. The topological polar surface area (TPSA) is 34.1 Å². The number of rotatable bonds is 5. The molecule has 0 aliphatic heterocycles. The molecule has 2 aliphatic rings. The van der Waals surface area contributed by atoms with E-state index in [0.717, 1.165) is 29.8 Å². The standard InChI is InChI=1S/C16H22N2O/c1-11(2)19-16-13(6-4-8-17-16)10-18-15-9-12-5-3-7-14(12)15/h3-4,6-8,11-12,14-15,18H,5,9-10H2,1-2H3. The molecular weight excluding hydrogens is 236 g/mol. The van der Waals surface area contributed by atoms with Crippen LogP contribution in [0.2, 0.25) is 0 Å². The number of allylic oxidation sites excluding steroid dienone is 1.